The van der Waals surface area contributed by atoms with Crippen LogP contribution in [0, 0.1) is 0 Å². The van der Waals surface area contributed by atoms with Crippen LogP contribution < -0.4 is 0 Å². The third-order valence-corrected chi connectivity index (χ3v) is 7.01. The monoisotopic (exact) mass is 482 g/mol. The van der Waals surface area contributed by atoms with Crippen LogP contribution in [0.5, 0.6) is 0 Å². The van der Waals surface area contributed by atoms with Crippen molar-refractivity contribution in [2.24, 2.45) is 0 Å². The number of phosphoric ester groups is 1. The average molecular weight is 482 g/mol. The van der Waals surface area contributed by atoms with Gasteiger partial charge in [0.25, 0.3) is 0 Å². The minimum atomic E-state index is -4.55. The molecule has 1 rings (SSSR count). The van der Waals surface area contributed by atoms with E-state index >= 15 is 0 Å². The zero-order chi connectivity index (χ0) is 20.8. The molecule has 1 aliphatic heterocycles. The molecule has 0 bridgehead atoms. The molecule has 12 nitrogen and oxygen atoms in total. The Labute approximate surface area is 158 Å². The van der Waals surface area contributed by atoms with E-state index in [1.54, 1.807) is 11.4 Å². The van der Waals surface area contributed by atoms with E-state index in [0.29, 0.717) is 0 Å². The molecule has 1 heterocycles. The molecule has 7 atom stereocenters. The Balaban J connectivity index is 2.38. The minimum absolute atomic E-state index is 0.104. The van der Waals surface area contributed by atoms with E-state index in [1.807, 2.05) is 0 Å². The Morgan fingerprint density at radius 2 is 1.63 bits per heavy atom. The van der Waals surface area contributed by atoms with E-state index in [-0.39, 0.29) is 5.21 Å². The van der Waals surface area contributed by atoms with Crippen LogP contribution in [0.4, 0.5) is 0 Å². The predicted octanol–water partition coefficient (Wildman–Crippen LogP) is -2.07. The van der Waals surface area contributed by atoms with Crippen molar-refractivity contribution in [2.45, 2.75) is 53.4 Å². The topological polar surface area (TPSA) is 192 Å². The summed E-state index contributed by atoms with van der Waals surface area (Å²) in [5.41, 5.74) is 3.15. The van der Waals surface area contributed by atoms with Gasteiger partial charge in [0.05, 0.1) is 6.61 Å². The molecule has 6 N–H and O–H groups in total. The third-order valence-electron chi connectivity index (χ3n) is 3.46. The van der Waals surface area contributed by atoms with Crippen LogP contribution in [0.25, 0.3) is 0 Å². The number of aliphatic hydroxyl groups is 5. The van der Waals surface area contributed by atoms with Gasteiger partial charge in [0, 0.05) is 0 Å². The fourth-order valence-electron chi connectivity index (χ4n) is 2.14. The van der Waals surface area contributed by atoms with Crippen molar-refractivity contribution in [3.63, 3.8) is 0 Å². The summed E-state index contributed by atoms with van der Waals surface area (Å²) >= 11 is -3.13. The molecule has 1 fully saturated rings. The van der Waals surface area contributed by atoms with Crippen molar-refractivity contribution in [3.05, 3.63) is 0 Å². The molecule has 162 valence electrons. The molecule has 0 spiro atoms. The molecule has 27 heavy (non-hydrogen) atoms. The standard InChI is InChI=1S/C13H28AsO12P/c1-14(2,20)3-10-11(18)12(19)13(26-10)23-5-9(17)7-25-27(21,22)24-6-8(16)4-15/h8-13,15-19H,3-7H2,1-2H3,(H,21,22). The van der Waals surface area contributed by atoms with Crippen LogP contribution in [0.15, 0.2) is 0 Å². The summed E-state index contributed by atoms with van der Waals surface area (Å²) in [5.74, 6) is 0. The molecule has 0 aromatic carbocycles. The van der Waals surface area contributed by atoms with Crippen molar-refractivity contribution >= 4 is 21.3 Å². The normalized spacial score (nSPS) is 30.8. The van der Waals surface area contributed by atoms with Crippen LogP contribution in [-0.4, -0.2) is 107 Å². The Hall–Kier alpha value is 0.188. The van der Waals surface area contributed by atoms with Crippen molar-refractivity contribution < 1.29 is 57.3 Å². The molecule has 0 saturated carbocycles. The fourth-order valence-corrected chi connectivity index (χ4v) is 5.39. The Kier molecular flexibility index (Phi) is 10.1. The van der Waals surface area contributed by atoms with E-state index in [4.69, 9.17) is 19.7 Å². The summed E-state index contributed by atoms with van der Waals surface area (Å²) in [6, 6.07) is 0. The second-order valence-corrected chi connectivity index (χ2v) is 15.5. The summed E-state index contributed by atoms with van der Waals surface area (Å²) in [6.45, 7) is -2.43. The zero-order valence-corrected chi connectivity index (χ0v) is 17.8. The molecule has 1 aliphatic rings. The van der Waals surface area contributed by atoms with E-state index in [0.717, 1.165) is 0 Å². The molecular formula is C13H28AsO12P. The maximum absolute atomic E-state index is 11.9. The van der Waals surface area contributed by atoms with E-state index < -0.39 is 84.6 Å². The molecular weight excluding hydrogens is 454 g/mol. The molecule has 0 amide bonds. The molecule has 7 unspecified atom stereocenters. The Bertz CT molecular complexity index is 541. The van der Waals surface area contributed by atoms with Crippen LogP contribution in [-0.2, 0) is 26.8 Å². The quantitative estimate of drug-likeness (QED) is 0.132. The molecule has 1 saturated heterocycles. The van der Waals surface area contributed by atoms with Crippen molar-refractivity contribution in [1.82, 2.24) is 0 Å². The van der Waals surface area contributed by atoms with Crippen molar-refractivity contribution in [1.29, 1.82) is 0 Å². The van der Waals surface area contributed by atoms with E-state index in [1.165, 1.54) is 0 Å². The summed E-state index contributed by atoms with van der Waals surface area (Å²) in [7, 11) is -4.55. The van der Waals surface area contributed by atoms with Gasteiger partial charge in [-0.1, -0.05) is 0 Å². The predicted molar refractivity (Wildman–Crippen MR) is 90.4 cm³/mol. The van der Waals surface area contributed by atoms with Gasteiger partial charge in [-0.15, -0.1) is 0 Å². The van der Waals surface area contributed by atoms with Crippen LogP contribution in [0.3, 0.4) is 0 Å². The van der Waals surface area contributed by atoms with Crippen molar-refractivity contribution in [2.75, 3.05) is 26.4 Å². The number of ether oxygens (including phenoxy) is 2. The second-order valence-electron chi connectivity index (χ2n) is 6.66. The summed E-state index contributed by atoms with van der Waals surface area (Å²) in [6.07, 6.45) is -7.57. The first-order valence-electron chi connectivity index (χ1n) is 8.10. The van der Waals surface area contributed by atoms with Crippen molar-refractivity contribution in [3.8, 4) is 0 Å². The maximum atomic E-state index is 11.9. The van der Waals surface area contributed by atoms with Gasteiger partial charge in [0.15, 0.2) is 0 Å². The summed E-state index contributed by atoms with van der Waals surface area (Å²) in [5, 5.41) is 47.3. The number of phosphoric acid groups is 1. The number of hydrogen-bond donors (Lipinski definition) is 6. The van der Waals surface area contributed by atoms with Gasteiger partial charge in [-0.25, -0.2) is 0 Å². The van der Waals surface area contributed by atoms with Crippen LogP contribution >= 0.6 is 7.82 Å². The number of aliphatic hydroxyl groups excluding tert-OH is 5. The average Bonchev–Trinajstić information content (AvgIpc) is 2.82. The van der Waals surface area contributed by atoms with Gasteiger partial charge in [0.2, 0.25) is 0 Å². The second kappa shape index (κ2) is 10.8. The number of hydrogen-bond acceptors (Lipinski definition) is 11. The number of rotatable bonds is 12. The van der Waals surface area contributed by atoms with Gasteiger partial charge < -0.3 is 10.2 Å². The summed E-state index contributed by atoms with van der Waals surface area (Å²) in [4.78, 5) is 9.35. The van der Waals surface area contributed by atoms with Gasteiger partial charge >= 0.3 is 136 Å². The molecule has 0 aromatic rings. The fraction of sp³-hybridized carbons (Fsp3) is 1.00. The molecule has 0 aromatic heterocycles. The van der Waals surface area contributed by atoms with E-state index in [9.17, 15) is 28.5 Å². The first-order chi connectivity index (χ1) is 12.3. The zero-order valence-electron chi connectivity index (χ0n) is 15.0. The molecule has 0 aliphatic carbocycles. The molecule has 0 radical (unpaired) electrons. The van der Waals surface area contributed by atoms with Gasteiger partial charge in [0.1, 0.15) is 6.10 Å². The summed E-state index contributed by atoms with van der Waals surface area (Å²) < 4.78 is 42.8. The Morgan fingerprint density at radius 3 is 2.15 bits per heavy atom. The van der Waals surface area contributed by atoms with E-state index in [2.05, 4.69) is 9.05 Å². The third kappa shape index (κ3) is 9.49. The first-order valence-corrected chi connectivity index (χ1v) is 15.4. The van der Waals surface area contributed by atoms with Crippen LogP contribution in [0.1, 0.15) is 0 Å². The van der Waals surface area contributed by atoms with Gasteiger partial charge in [-0.3, -0.25) is 0 Å². The Morgan fingerprint density at radius 1 is 1.07 bits per heavy atom. The first kappa shape index (κ1) is 25.2. The van der Waals surface area contributed by atoms with Crippen LogP contribution in [0.2, 0.25) is 16.6 Å². The molecule has 14 heteroatoms. The van der Waals surface area contributed by atoms with Gasteiger partial charge in [-0.2, -0.15) is 0 Å². The van der Waals surface area contributed by atoms with Gasteiger partial charge in [-0.05, 0) is 0 Å². The SMILES string of the molecule is C[As](C)(=O)CC1OC(OCC(O)COP(=O)(O)OCC(O)CO)C(O)C1O.